The van der Waals surface area contributed by atoms with E-state index < -0.39 is 0 Å². The Labute approximate surface area is 112 Å². The Kier molecular flexibility index (Phi) is 4.09. The van der Waals surface area contributed by atoms with Crippen molar-refractivity contribution in [3.05, 3.63) is 29.3 Å². The first-order valence-electron chi connectivity index (χ1n) is 6.15. The standard InChI is InChI=1S/C13H18ClN3O/c1-9-6-7-16-13(18)12(8-15)17(9)11-4-2-10(14)3-5-11/h2-5,9,12H,6-8,15H2,1H3,(H,16,18). The van der Waals surface area contributed by atoms with E-state index in [0.29, 0.717) is 18.1 Å². The number of carbonyl (C=O) groups excluding carboxylic acids is 1. The molecule has 1 aliphatic heterocycles. The highest BCUT2D eigenvalue weighted by Crippen LogP contribution is 2.24. The Hall–Kier alpha value is -1.26. The molecule has 1 heterocycles. The van der Waals surface area contributed by atoms with E-state index in [2.05, 4.69) is 17.1 Å². The molecule has 0 aromatic heterocycles. The minimum Gasteiger partial charge on any atom is -0.356 e. The molecular weight excluding hydrogens is 250 g/mol. The predicted molar refractivity (Wildman–Crippen MR) is 73.9 cm³/mol. The third-order valence-corrected chi connectivity index (χ3v) is 3.57. The Morgan fingerprint density at radius 2 is 2.11 bits per heavy atom. The van der Waals surface area contributed by atoms with Crippen molar-refractivity contribution in [2.75, 3.05) is 18.0 Å². The zero-order chi connectivity index (χ0) is 13.1. The van der Waals surface area contributed by atoms with Crippen molar-refractivity contribution >= 4 is 23.2 Å². The first kappa shape index (κ1) is 13.2. The van der Waals surface area contributed by atoms with Gasteiger partial charge in [-0.15, -0.1) is 0 Å². The minimum absolute atomic E-state index is 0.00296. The molecule has 1 amide bonds. The molecule has 0 saturated carbocycles. The van der Waals surface area contributed by atoms with Crippen LogP contribution < -0.4 is 16.0 Å². The van der Waals surface area contributed by atoms with Gasteiger partial charge in [-0.05, 0) is 37.6 Å². The van der Waals surface area contributed by atoms with Gasteiger partial charge in [0.1, 0.15) is 6.04 Å². The third kappa shape index (κ3) is 2.60. The van der Waals surface area contributed by atoms with Gasteiger partial charge in [-0.25, -0.2) is 0 Å². The quantitative estimate of drug-likeness (QED) is 0.851. The van der Waals surface area contributed by atoms with E-state index in [4.69, 9.17) is 17.3 Å². The van der Waals surface area contributed by atoms with Crippen molar-refractivity contribution in [3.8, 4) is 0 Å². The SMILES string of the molecule is CC1CCNC(=O)C(CN)N1c1ccc(Cl)cc1. The summed E-state index contributed by atoms with van der Waals surface area (Å²) in [6.07, 6.45) is 0.908. The summed E-state index contributed by atoms with van der Waals surface area (Å²) in [5.41, 5.74) is 6.74. The summed E-state index contributed by atoms with van der Waals surface area (Å²) in [5.74, 6) is -0.00296. The average Bonchev–Trinajstić information content (AvgIpc) is 2.49. The Bertz CT molecular complexity index is 421. The molecule has 1 saturated heterocycles. The number of halogens is 1. The molecule has 0 spiro atoms. The van der Waals surface area contributed by atoms with E-state index >= 15 is 0 Å². The lowest BCUT2D eigenvalue weighted by molar-refractivity contribution is -0.121. The number of nitrogens with one attached hydrogen (secondary N) is 1. The summed E-state index contributed by atoms with van der Waals surface area (Å²) in [7, 11) is 0. The summed E-state index contributed by atoms with van der Waals surface area (Å²) in [4.78, 5) is 14.1. The molecule has 1 fully saturated rings. The van der Waals surface area contributed by atoms with E-state index in [1.54, 1.807) is 0 Å². The van der Waals surface area contributed by atoms with Gasteiger partial charge in [-0.2, -0.15) is 0 Å². The Balaban J connectivity index is 2.35. The van der Waals surface area contributed by atoms with Gasteiger partial charge in [0.15, 0.2) is 0 Å². The number of nitrogens with two attached hydrogens (primary N) is 1. The molecule has 18 heavy (non-hydrogen) atoms. The second-order valence-corrected chi connectivity index (χ2v) is 5.00. The lowest BCUT2D eigenvalue weighted by Crippen LogP contribution is -2.51. The van der Waals surface area contributed by atoms with Gasteiger partial charge in [0.2, 0.25) is 5.91 Å². The lowest BCUT2D eigenvalue weighted by Gasteiger charge is -2.34. The van der Waals surface area contributed by atoms with Crippen LogP contribution in [-0.4, -0.2) is 31.1 Å². The predicted octanol–water partition coefficient (Wildman–Crippen LogP) is 1.38. The Morgan fingerprint density at radius 3 is 2.72 bits per heavy atom. The zero-order valence-electron chi connectivity index (χ0n) is 10.4. The number of rotatable bonds is 2. The van der Waals surface area contributed by atoms with E-state index in [1.165, 1.54) is 0 Å². The summed E-state index contributed by atoms with van der Waals surface area (Å²) >= 11 is 5.90. The first-order valence-corrected chi connectivity index (χ1v) is 6.53. The minimum atomic E-state index is -0.316. The van der Waals surface area contributed by atoms with Gasteiger partial charge in [0.25, 0.3) is 0 Å². The maximum atomic E-state index is 12.0. The number of nitrogens with zero attached hydrogens (tertiary/aromatic N) is 1. The van der Waals surface area contributed by atoms with E-state index in [0.717, 1.165) is 12.1 Å². The van der Waals surface area contributed by atoms with Crippen molar-refractivity contribution in [1.29, 1.82) is 0 Å². The molecular formula is C13H18ClN3O. The fourth-order valence-electron chi connectivity index (χ4n) is 2.36. The number of amides is 1. The molecule has 98 valence electrons. The second kappa shape index (κ2) is 5.59. The second-order valence-electron chi connectivity index (χ2n) is 4.56. The van der Waals surface area contributed by atoms with Crippen LogP contribution in [0, 0.1) is 0 Å². The number of hydrogen-bond donors (Lipinski definition) is 2. The van der Waals surface area contributed by atoms with Crippen LogP contribution in [0.5, 0.6) is 0 Å². The average molecular weight is 268 g/mol. The molecule has 0 radical (unpaired) electrons. The molecule has 2 rings (SSSR count). The molecule has 0 bridgehead atoms. The van der Waals surface area contributed by atoms with Gasteiger partial charge in [-0.3, -0.25) is 4.79 Å². The summed E-state index contributed by atoms with van der Waals surface area (Å²) in [6.45, 7) is 3.11. The fraction of sp³-hybridized carbons (Fsp3) is 0.462. The lowest BCUT2D eigenvalue weighted by atomic mass is 10.1. The van der Waals surface area contributed by atoms with Gasteiger partial charge in [-0.1, -0.05) is 11.6 Å². The van der Waals surface area contributed by atoms with Crippen LogP contribution in [0.4, 0.5) is 5.69 Å². The van der Waals surface area contributed by atoms with Gasteiger partial charge < -0.3 is 16.0 Å². The summed E-state index contributed by atoms with van der Waals surface area (Å²) < 4.78 is 0. The largest absolute Gasteiger partial charge is 0.356 e. The van der Waals surface area contributed by atoms with Crippen LogP contribution in [0.2, 0.25) is 5.02 Å². The van der Waals surface area contributed by atoms with E-state index in [1.807, 2.05) is 24.3 Å². The number of carbonyl (C=O) groups is 1. The summed E-state index contributed by atoms with van der Waals surface area (Å²) in [5, 5.41) is 3.59. The van der Waals surface area contributed by atoms with Crippen LogP contribution in [0.15, 0.2) is 24.3 Å². The van der Waals surface area contributed by atoms with E-state index in [-0.39, 0.29) is 18.0 Å². The number of benzene rings is 1. The molecule has 5 heteroatoms. The number of hydrogen-bond acceptors (Lipinski definition) is 3. The molecule has 1 aromatic carbocycles. The first-order chi connectivity index (χ1) is 8.63. The Morgan fingerprint density at radius 1 is 1.44 bits per heavy atom. The molecule has 2 unspecified atom stereocenters. The van der Waals surface area contributed by atoms with Crippen molar-refractivity contribution in [3.63, 3.8) is 0 Å². The maximum absolute atomic E-state index is 12.0. The molecule has 4 nitrogen and oxygen atoms in total. The van der Waals surface area contributed by atoms with Crippen LogP contribution in [0.25, 0.3) is 0 Å². The van der Waals surface area contributed by atoms with Crippen LogP contribution in [-0.2, 0) is 4.79 Å². The third-order valence-electron chi connectivity index (χ3n) is 3.32. The van der Waals surface area contributed by atoms with Crippen molar-refractivity contribution in [2.45, 2.75) is 25.4 Å². The van der Waals surface area contributed by atoms with Crippen molar-refractivity contribution < 1.29 is 4.79 Å². The maximum Gasteiger partial charge on any atom is 0.244 e. The molecule has 1 aromatic rings. The van der Waals surface area contributed by atoms with Crippen LogP contribution >= 0.6 is 11.6 Å². The van der Waals surface area contributed by atoms with Gasteiger partial charge in [0.05, 0.1) is 0 Å². The highest BCUT2D eigenvalue weighted by molar-refractivity contribution is 6.30. The van der Waals surface area contributed by atoms with Crippen LogP contribution in [0.1, 0.15) is 13.3 Å². The summed E-state index contributed by atoms with van der Waals surface area (Å²) in [6, 6.07) is 7.47. The monoisotopic (exact) mass is 267 g/mol. The molecule has 0 aliphatic carbocycles. The van der Waals surface area contributed by atoms with E-state index in [9.17, 15) is 4.79 Å². The zero-order valence-corrected chi connectivity index (χ0v) is 11.2. The molecule has 1 aliphatic rings. The van der Waals surface area contributed by atoms with Crippen molar-refractivity contribution in [1.82, 2.24) is 5.32 Å². The van der Waals surface area contributed by atoms with Gasteiger partial charge >= 0.3 is 0 Å². The topological polar surface area (TPSA) is 58.4 Å². The number of anilines is 1. The van der Waals surface area contributed by atoms with Crippen molar-refractivity contribution in [2.24, 2.45) is 5.73 Å². The smallest absolute Gasteiger partial charge is 0.244 e. The van der Waals surface area contributed by atoms with Gasteiger partial charge in [0, 0.05) is 29.8 Å². The molecule has 3 N–H and O–H groups in total. The highest BCUT2D eigenvalue weighted by atomic mass is 35.5. The normalized spacial score (nSPS) is 24.6. The fourth-order valence-corrected chi connectivity index (χ4v) is 2.49. The van der Waals surface area contributed by atoms with Crippen LogP contribution in [0.3, 0.4) is 0 Å². The highest BCUT2D eigenvalue weighted by Gasteiger charge is 2.31. The molecule has 2 atom stereocenters.